The molecule has 27 heavy (non-hydrogen) atoms. The number of methoxy groups -OCH3 is 2. The molecule has 0 N–H and O–H groups in total. The summed E-state index contributed by atoms with van der Waals surface area (Å²) in [6.45, 7) is 0.192. The molecule has 0 saturated heterocycles. The topological polar surface area (TPSA) is 62.6 Å². The highest BCUT2D eigenvalue weighted by Gasteiger charge is 2.04. The lowest BCUT2D eigenvalue weighted by Gasteiger charge is -2.07. The fourth-order valence-corrected chi connectivity index (χ4v) is 2.50. The van der Waals surface area contributed by atoms with Crippen LogP contribution < -0.4 is 9.47 Å². The first kappa shape index (κ1) is 18.3. The van der Waals surface area contributed by atoms with Gasteiger partial charge in [0.15, 0.2) is 0 Å². The number of hydrogen-bond acceptors (Lipinski definition) is 5. The minimum atomic E-state index is -0.434. The normalized spacial score (nSPS) is 10.7. The van der Waals surface area contributed by atoms with Gasteiger partial charge in [-0.1, -0.05) is 12.1 Å². The van der Waals surface area contributed by atoms with Crippen molar-refractivity contribution < 1.29 is 19.0 Å². The highest BCUT2D eigenvalue weighted by molar-refractivity contribution is 5.87. The number of ether oxygens (including phenoxy) is 3. The Morgan fingerprint density at radius 1 is 1.11 bits per heavy atom. The van der Waals surface area contributed by atoms with Gasteiger partial charge in [-0.05, 0) is 48.0 Å². The van der Waals surface area contributed by atoms with E-state index in [0.29, 0.717) is 11.5 Å². The summed E-state index contributed by atoms with van der Waals surface area (Å²) in [6, 6.07) is 14.9. The first-order valence-corrected chi connectivity index (χ1v) is 8.35. The van der Waals surface area contributed by atoms with Crippen molar-refractivity contribution in [3.63, 3.8) is 0 Å². The van der Waals surface area contributed by atoms with E-state index in [1.807, 2.05) is 36.5 Å². The number of nitrogens with zero attached hydrogens (tertiary/aromatic N) is 2. The van der Waals surface area contributed by atoms with Gasteiger partial charge in [-0.25, -0.2) is 9.48 Å². The SMILES string of the molecule is COc1ccc(OC)c(/C=C/C(=O)OCc2ccc(-n3cccn3)cc2)c1. The van der Waals surface area contributed by atoms with Crippen LogP contribution in [0.5, 0.6) is 11.5 Å². The van der Waals surface area contributed by atoms with Crippen LogP contribution in [-0.2, 0) is 16.1 Å². The molecule has 0 unspecified atom stereocenters. The molecule has 1 heterocycles. The van der Waals surface area contributed by atoms with Gasteiger partial charge in [0.1, 0.15) is 18.1 Å². The van der Waals surface area contributed by atoms with E-state index in [0.717, 1.165) is 16.8 Å². The second-order valence-corrected chi connectivity index (χ2v) is 5.67. The molecule has 0 amide bonds. The summed E-state index contributed by atoms with van der Waals surface area (Å²) in [5, 5.41) is 4.17. The van der Waals surface area contributed by atoms with Crippen molar-refractivity contribution in [1.29, 1.82) is 0 Å². The Bertz CT molecular complexity index is 916. The second-order valence-electron chi connectivity index (χ2n) is 5.67. The number of rotatable bonds is 7. The standard InChI is InChI=1S/C21H20N2O4/c1-25-19-9-10-20(26-2)17(14-19)6-11-21(24)27-15-16-4-7-18(8-5-16)23-13-3-12-22-23/h3-14H,15H2,1-2H3/b11-6+. The molecular weight excluding hydrogens is 344 g/mol. The summed E-state index contributed by atoms with van der Waals surface area (Å²) in [5.74, 6) is 0.895. The molecule has 6 heteroatoms. The Hall–Kier alpha value is -3.54. The number of carbonyl (C=O) groups excluding carboxylic acids is 1. The largest absolute Gasteiger partial charge is 0.497 e. The average Bonchev–Trinajstić information content (AvgIpc) is 3.25. The summed E-state index contributed by atoms with van der Waals surface area (Å²) in [7, 11) is 3.16. The molecule has 0 aliphatic carbocycles. The van der Waals surface area contributed by atoms with Crippen molar-refractivity contribution in [2.75, 3.05) is 14.2 Å². The molecular formula is C21H20N2O4. The van der Waals surface area contributed by atoms with E-state index >= 15 is 0 Å². The van der Waals surface area contributed by atoms with Crippen LogP contribution in [-0.4, -0.2) is 30.0 Å². The van der Waals surface area contributed by atoms with E-state index in [1.165, 1.54) is 6.08 Å². The van der Waals surface area contributed by atoms with Crippen LogP contribution in [0.2, 0.25) is 0 Å². The zero-order valence-electron chi connectivity index (χ0n) is 15.2. The Kier molecular flexibility index (Phi) is 5.89. The fourth-order valence-electron chi connectivity index (χ4n) is 2.50. The summed E-state index contributed by atoms with van der Waals surface area (Å²) >= 11 is 0. The van der Waals surface area contributed by atoms with E-state index in [1.54, 1.807) is 49.4 Å². The lowest BCUT2D eigenvalue weighted by Crippen LogP contribution is -2.01. The van der Waals surface area contributed by atoms with E-state index in [4.69, 9.17) is 14.2 Å². The molecule has 0 saturated carbocycles. The summed E-state index contributed by atoms with van der Waals surface area (Å²) in [5.41, 5.74) is 2.57. The molecule has 0 atom stereocenters. The third-order valence-electron chi connectivity index (χ3n) is 3.92. The van der Waals surface area contributed by atoms with Gasteiger partial charge in [-0.15, -0.1) is 0 Å². The molecule has 3 rings (SSSR count). The van der Waals surface area contributed by atoms with Crippen LogP contribution in [0.4, 0.5) is 0 Å². The van der Waals surface area contributed by atoms with Crippen molar-refractivity contribution in [2.24, 2.45) is 0 Å². The third-order valence-corrected chi connectivity index (χ3v) is 3.92. The predicted octanol–water partition coefficient (Wildman–Crippen LogP) is 3.65. The van der Waals surface area contributed by atoms with Crippen LogP contribution in [0.15, 0.2) is 67.0 Å². The monoisotopic (exact) mass is 364 g/mol. The van der Waals surface area contributed by atoms with Crippen LogP contribution in [0.1, 0.15) is 11.1 Å². The highest BCUT2D eigenvalue weighted by atomic mass is 16.5. The van der Waals surface area contributed by atoms with Gasteiger partial charge < -0.3 is 14.2 Å². The molecule has 1 aromatic heterocycles. The molecule has 0 aliphatic heterocycles. The van der Waals surface area contributed by atoms with Gasteiger partial charge in [0, 0.05) is 24.0 Å². The molecule has 6 nitrogen and oxygen atoms in total. The van der Waals surface area contributed by atoms with Crippen molar-refractivity contribution in [1.82, 2.24) is 9.78 Å². The van der Waals surface area contributed by atoms with Crippen molar-refractivity contribution in [2.45, 2.75) is 6.61 Å². The minimum absolute atomic E-state index is 0.192. The van der Waals surface area contributed by atoms with Crippen LogP contribution in [0.3, 0.4) is 0 Å². The fraction of sp³-hybridized carbons (Fsp3) is 0.143. The molecule has 0 bridgehead atoms. The average molecular weight is 364 g/mol. The zero-order valence-corrected chi connectivity index (χ0v) is 15.2. The van der Waals surface area contributed by atoms with E-state index in [9.17, 15) is 4.79 Å². The molecule has 3 aromatic rings. The molecule has 0 fully saturated rings. The maximum atomic E-state index is 12.0. The van der Waals surface area contributed by atoms with Gasteiger partial charge in [0.25, 0.3) is 0 Å². The summed E-state index contributed by atoms with van der Waals surface area (Å²) in [4.78, 5) is 12.0. The maximum Gasteiger partial charge on any atom is 0.331 e. The Morgan fingerprint density at radius 3 is 2.59 bits per heavy atom. The number of benzene rings is 2. The minimum Gasteiger partial charge on any atom is -0.497 e. The first-order chi connectivity index (χ1) is 13.2. The van der Waals surface area contributed by atoms with Crippen molar-refractivity contribution in [3.8, 4) is 17.2 Å². The van der Waals surface area contributed by atoms with Gasteiger partial charge in [0.2, 0.25) is 0 Å². The smallest absolute Gasteiger partial charge is 0.331 e. The van der Waals surface area contributed by atoms with E-state index < -0.39 is 5.97 Å². The first-order valence-electron chi connectivity index (χ1n) is 8.35. The van der Waals surface area contributed by atoms with Crippen molar-refractivity contribution in [3.05, 3.63) is 78.1 Å². The zero-order chi connectivity index (χ0) is 19.1. The second kappa shape index (κ2) is 8.71. The van der Waals surface area contributed by atoms with Gasteiger partial charge in [-0.2, -0.15) is 5.10 Å². The molecule has 2 aromatic carbocycles. The molecule has 138 valence electrons. The molecule has 0 aliphatic rings. The maximum absolute atomic E-state index is 12.0. The predicted molar refractivity (Wildman–Crippen MR) is 102 cm³/mol. The van der Waals surface area contributed by atoms with E-state index in [2.05, 4.69) is 5.10 Å². The Balaban J connectivity index is 1.59. The molecule has 0 radical (unpaired) electrons. The lowest BCUT2D eigenvalue weighted by molar-refractivity contribution is -0.138. The van der Waals surface area contributed by atoms with Crippen molar-refractivity contribution >= 4 is 12.0 Å². The Morgan fingerprint density at radius 2 is 1.93 bits per heavy atom. The number of hydrogen-bond donors (Lipinski definition) is 0. The summed E-state index contributed by atoms with van der Waals surface area (Å²) < 4.78 is 17.5. The quantitative estimate of drug-likeness (QED) is 0.473. The number of aromatic nitrogens is 2. The number of carbonyl (C=O) groups is 1. The van der Waals surface area contributed by atoms with E-state index in [-0.39, 0.29) is 6.61 Å². The Labute approximate surface area is 157 Å². The molecule has 0 spiro atoms. The third kappa shape index (κ3) is 4.76. The van der Waals surface area contributed by atoms with Gasteiger partial charge in [-0.3, -0.25) is 0 Å². The van der Waals surface area contributed by atoms with Gasteiger partial charge in [0.05, 0.1) is 19.9 Å². The van der Waals surface area contributed by atoms with Crippen LogP contribution in [0, 0.1) is 0 Å². The highest BCUT2D eigenvalue weighted by Crippen LogP contribution is 2.25. The van der Waals surface area contributed by atoms with Crippen LogP contribution >= 0.6 is 0 Å². The summed E-state index contributed by atoms with van der Waals surface area (Å²) in [6.07, 6.45) is 6.60. The van der Waals surface area contributed by atoms with Gasteiger partial charge >= 0.3 is 5.97 Å². The van der Waals surface area contributed by atoms with Crippen LogP contribution in [0.25, 0.3) is 11.8 Å². The number of esters is 1. The lowest BCUT2D eigenvalue weighted by atomic mass is 10.1.